The van der Waals surface area contributed by atoms with Crippen molar-refractivity contribution in [3.8, 4) is 5.75 Å². The summed E-state index contributed by atoms with van der Waals surface area (Å²) in [6.45, 7) is 11.0. The molecule has 48 heavy (non-hydrogen) atoms. The minimum Gasteiger partial charge on any atom is -0.497 e. The van der Waals surface area contributed by atoms with Crippen molar-refractivity contribution >= 4 is 40.5 Å². The van der Waals surface area contributed by atoms with Crippen LogP contribution in [0.3, 0.4) is 0 Å². The summed E-state index contributed by atoms with van der Waals surface area (Å²) in [6, 6.07) is 15.8. The molecule has 4 heterocycles. The summed E-state index contributed by atoms with van der Waals surface area (Å²) in [4.78, 5) is 39.5. The van der Waals surface area contributed by atoms with E-state index in [1.807, 2.05) is 80.2 Å². The van der Waals surface area contributed by atoms with E-state index in [2.05, 4.69) is 22.0 Å². The third-order valence-electron chi connectivity index (χ3n) is 9.24. The van der Waals surface area contributed by atoms with Gasteiger partial charge < -0.3 is 29.3 Å². The molecule has 2 aromatic carbocycles. The Labute approximate surface area is 281 Å². The van der Waals surface area contributed by atoms with Crippen molar-refractivity contribution in [3.05, 3.63) is 65.9 Å². The number of rotatable bonds is 8. The van der Waals surface area contributed by atoms with Gasteiger partial charge in [0, 0.05) is 31.9 Å². The van der Waals surface area contributed by atoms with Gasteiger partial charge in [0.15, 0.2) is 17.0 Å². The minimum atomic E-state index is -0.533. The van der Waals surface area contributed by atoms with Gasteiger partial charge in [0.1, 0.15) is 17.2 Å². The van der Waals surface area contributed by atoms with Crippen molar-refractivity contribution in [2.75, 3.05) is 50.2 Å². The summed E-state index contributed by atoms with van der Waals surface area (Å²) < 4.78 is 17.9. The van der Waals surface area contributed by atoms with Crippen molar-refractivity contribution in [1.82, 2.24) is 25.1 Å². The molecule has 254 valence electrons. The van der Waals surface area contributed by atoms with Gasteiger partial charge in [-0.1, -0.05) is 37.3 Å². The van der Waals surface area contributed by atoms with E-state index in [4.69, 9.17) is 29.3 Å². The van der Waals surface area contributed by atoms with Crippen molar-refractivity contribution in [1.29, 1.82) is 0 Å². The van der Waals surface area contributed by atoms with Crippen LogP contribution in [-0.4, -0.2) is 77.8 Å². The number of alkyl carbamates (subject to hydrolysis) is 1. The second kappa shape index (κ2) is 13.3. The highest BCUT2D eigenvalue weighted by molar-refractivity contribution is 5.90. The largest absolute Gasteiger partial charge is 0.497 e. The van der Waals surface area contributed by atoms with E-state index in [9.17, 15) is 9.59 Å². The molecule has 1 saturated heterocycles. The number of hydrogen-bond acceptors (Lipinski definition) is 10. The highest BCUT2D eigenvalue weighted by Gasteiger charge is 2.35. The van der Waals surface area contributed by atoms with Gasteiger partial charge in [0.05, 0.1) is 32.9 Å². The number of piperidine rings is 1. The first-order chi connectivity index (χ1) is 23.0. The minimum absolute atomic E-state index is 0.0576. The van der Waals surface area contributed by atoms with Gasteiger partial charge in [-0.3, -0.25) is 4.79 Å². The molecule has 2 aromatic heterocycles. The van der Waals surface area contributed by atoms with Crippen LogP contribution in [0.5, 0.6) is 5.75 Å². The molecule has 0 spiro atoms. The molecule has 0 radical (unpaired) electrons. The van der Waals surface area contributed by atoms with Gasteiger partial charge in [0.25, 0.3) is 0 Å². The van der Waals surface area contributed by atoms with Crippen LogP contribution < -0.4 is 19.9 Å². The molecule has 12 heteroatoms. The maximum atomic E-state index is 12.7. The first-order valence-corrected chi connectivity index (χ1v) is 16.5. The Morgan fingerprint density at radius 2 is 1.75 bits per heavy atom. The van der Waals surface area contributed by atoms with Gasteiger partial charge >= 0.3 is 12.1 Å². The van der Waals surface area contributed by atoms with Gasteiger partial charge in [0.2, 0.25) is 0 Å². The molecule has 0 aliphatic carbocycles. The lowest BCUT2D eigenvalue weighted by atomic mass is 9.80. The van der Waals surface area contributed by atoms with Crippen LogP contribution >= 0.6 is 0 Å². The number of fused-ring (bicyclic) bond motifs is 2. The first-order valence-electron chi connectivity index (χ1n) is 16.5. The molecule has 1 atom stereocenters. The van der Waals surface area contributed by atoms with Crippen LogP contribution in [0.4, 0.5) is 22.1 Å². The molecule has 4 aromatic rings. The zero-order valence-corrected chi connectivity index (χ0v) is 28.7. The maximum absolute atomic E-state index is 12.7. The fourth-order valence-electron chi connectivity index (χ4n) is 6.49. The average Bonchev–Trinajstić information content (AvgIpc) is 3.43. The highest BCUT2D eigenvalue weighted by Crippen LogP contribution is 2.41. The first kappa shape index (κ1) is 33.0. The summed E-state index contributed by atoms with van der Waals surface area (Å²) in [7, 11) is 3.09. The Balaban J connectivity index is 1.29. The number of esters is 1. The molecule has 1 N–H and O–H groups in total. The summed E-state index contributed by atoms with van der Waals surface area (Å²) >= 11 is 0. The Morgan fingerprint density at radius 1 is 1.02 bits per heavy atom. The van der Waals surface area contributed by atoms with Gasteiger partial charge in [-0.05, 0) is 74.8 Å². The number of aromatic nitrogens is 4. The third-order valence-corrected chi connectivity index (χ3v) is 9.24. The van der Waals surface area contributed by atoms with Crippen molar-refractivity contribution in [2.45, 2.75) is 65.0 Å². The molecular weight excluding hydrogens is 610 g/mol. The smallest absolute Gasteiger partial charge is 0.407 e. The maximum Gasteiger partial charge on any atom is 0.407 e. The normalized spacial score (nSPS) is 17.5. The summed E-state index contributed by atoms with van der Waals surface area (Å²) in [6.07, 6.45) is 3.80. The molecule has 1 amide bonds. The summed E-state index contributed by atoms with van der Waals surface area (Å²) in [5.74, 6) is 1.71. The van der Waals surface area contributed by atoms with E-state index in [1.54, 1.807) is 7.11 Å². The van der Waals surface area contributed by atoms with Gasteiger partial charge in [-0.25, -0.2) is 19.4 Å². The Morgan fingerprint density at radius 3 is 2.44 bits per heavy atom. The standard InChI is InChI=1S/C36H45N7O5/c1-35(2,3)48-34(45)38-23-36(4)16-19-41(20-17-36)29-21-37-30-31(39-29)43(22-24-11-13-25(46-5)14-12-24)40-32(30)42-18-15-27(33(44)47-6)26-9-7-8-10-28(26)42/h7-14,21,27H,15-20,22-23H2,1-6H3,(H,38,45). The third kappa shape index (κ3) is 7.02. The molecule has 2 aliphatic heterocycles. The Hall–Kier alpha value is -4.87. The van der Waals surface area contributed by atoms with Crippen molar-refractivity contribution < 1.29 is 23.8 Å². The number of nitrogens with zero attached hydrogens (tertiary/aromatic N) is 6. The van der Waals surface area contributed by atoms with Crippen molar-refractivity contribution in [2.24, 2.45) is 5.41 Å². The Bertz CT molecular complexity index is 1770. The van der Waals surface area contributed by atoms with Crippen LogP contribution in [0.15, 0.2) is 54.7 Å². The number of nitrogens with one attached hydrogen (secondary N) is 1. The molecule has 1 unspecified atom stereocenters. The monoisotopic (exact) mass is 655 g/mol. The SMILES string of the molecule is COC(=O)C1CCN(c2nn(Cc3ccc(OC)cc3)c3nc(N4CCC(C)(CNC(=O)OC(C)(C)C)CC4)cnc23)c2ccccc21. The van der Waals surface area contributed by atoms with Gasteiger partial charge in [-0.15, -0.1) is 0 Å². The molecule has 1 fully saturated rings. The zero-order valence-electron chi connectivity index (χ0n) is 28.7. The number of methoxy groups -OCH3 is 2. The molecule has 0 bridgehead atoms. The highest BCUT2D eigenvalue weighted by atomic mass is 16.6. The van der Waals surface area contributed by atoms with Crippen LogP contribution in [0, 0.1) is 5.41 Å². The molecule has 6 rings (SSSR count). The zero-order chi connectivity index (χ0) is 34.1. The number of para-hydroxylation sites is 1. The Kier molecular flexibility index (Phi) is 9.18. The fourth-order valence-corrected chi connectivity index (χ4v) is 6.49. The second-order valence-electron chi connectivity index (χ2n) is 14.0. The number of ether oxygens (including phenoxy) is 3. The van der Waals surface area contributed by atoms with E-state index in [-0.39, 0.29) is 23.4 Å². The lowest BCUT2D eigenvalue weighted by Crippen LogP contribution is -2.46. The number of anilines is 3. The van der Waals surface area contributed by atoms with Crippen LogP contribution in [-0.2, 0) is 20.8 Å². The number of hydrogen-bond donors (Lipinski definition) is 1. The number of carbonyl (C=O) groups excluding carboxylic acids is 2. The predicted octanol–water partition coefficient (Wildman–Crippen LogP) is 5.81. The van der Waals surface area contributed by atoms with E-state index in [0.29, 0.717) is 43.0 Å². The average molecular weight is 656 g/mol. The summed E-state index contributed by atoms with van der Waals surface area (Å²) in [5, 5.41) is 8.08. The topological polar surface area (TPSA) is 124 Å². The lowest BCUT2D eigenvalue weighted by molar-refractivity contribution is -0.142. The number of benzene rings is 2. The van der Waals surface area contributed by atoms with Gasteiger partial charge in [-0.2, -0.15) is 5.10 Å². The van der Waals surface area contributed by atoms with Crippen molar-refractivity contribution in [3.63, 3.8) is 0 Å². The van der Waals surface area contributed by atoms with Crippen LogP contribution in [0.2, 0.25) is 0 Å². The second-order valence-corrected chi connectivity index (χ2v) is 14.0. The fraction of sp³-hybridized carbons (Fsp3) is 0.472. The molecule has 0 saturated carbocycles. The lowest BCUT2D eigenvalue weighted by Gasteiger charge is -2.40. The number of carbonyl (C=O) groups is 2. The molecular formula is C36H45N7O5. The molecule has 2 aliphatic rings. The van der Waals surface area contributed by atoms with E-state index >= 15 is 0 Å². The molecule has 12 nitrogen and oxygen atoms in total. The number of amides is 1. The quantitative estimate of drug-likeness (QED) is 0.233. The van der Waals surface area contributed by atoms with Crippen LogP contribution in [0.25, 0.3) is 11.2 Å². The van der Waals surface area contributed by atoms with E-state index in [0.717, 1.165) is 54.3 Å². The van der Waals surface area contributed by atoms with E-state index < -0.39 is 5.60 Å². The summed E-state index contributed by atoms with van der Waals surface area (Å²) in [5.41, 5.74) is 3.67. The predicted molar refractivity (Wildman–Crippen MR) is 184 cm³/mol. The van der Waals surface area contributed by atoms with E-state index in [1.165, 1.54) is 7.11 Å². The van der Waals surface area contributed by atoms with Crippen LogP contribution in [0.1, 0.15) is 64.0 Å².